The van der Waals surface area contributed by atoms with Crippen LogP contribution >= 0.6 is 0 Å². The van der Waals surface area contributed by atoms with Crippen molar-refractivity contribution >= 4 is 22.7 Å². The van der Waals surface area contributed by atoms with E-state index in [9.17, 15) is 9.59 Å². The van der Waals surface area contributed by atoms with Gasteiger partial charge in [0.1, 0.15) is 0 Å². The molecular weight excluding hydrogens is 470 g/mol. The standard InChI is InChI=1S/C30H37NO6/c1-6-36-28(37-7-2)18-26(24-14-15-25(29(32)34-4)27(17-24)30(33)35-5)20(3)31-19-21-12-13-22-10-8-9-11-23(22)16-21/h8-17,20,26,28,31H,6-7,18-19H2,1-5H3. The molecule has 37 heavy (non-hydrogen) atoms. The van der Waals surface area contributed by atoms with E-state index in [2.05, 4.69) is 42.6 Å². The fourth-order valence-corrected chi connectivity index (χ4v) is 4.52. The maximum Gasteiger partial charge on any atom is 0.338 e. The molecule has 0 bridgehead atoms. The lowest BCUT2D eigenvalue weighted by Crippen LogP contribution is -2.35. The first kappa shape index (κ1) is 28.3. The molecule has 0 aliphatic heterocycles. The monoisotopic (exact) mass is 507 g/mol. The zero-order valence-corrected chi connectivity index (χ0v) is 22.3. The van der Waals surface area contributed by atoms with Crippen molar-refractivity contribution in [3.05, 3.63) is 82.9 Å². The van der Waals surface area contributed by atoms with E-state index in [1.807, 2.05) is 32.0 Å². The minimum atomic E-state index is -0.594. The number of hydrogen-bond donors (Lipinski definition) is 1. The molecule has 3 rings (SSSR count). The molecule has 0 heterocycles. The average Bonchev–Trinajstić information content (AvgIpc) is 2.93. The van der Waals surface area contributed by atoms with Crippen molar-refractivity contribution in [1.29, 1.82) is 0 Å². The second-order valence-electron chi connectivity index (χ2n) is 8.82. The lowest BCUT2D eigenvalue weighted by atomic mass is 9.86. The second kappa shape index (κ2) is 13.9. The van der Waals surface area contributed by atoms with Crippen LogP contribution in [0.25, 0.3) is 10.8 Å². The van der Waals surface area contributed by atoms with Crippen LogP contribution in [0.3, 0.4) is 0 Å². The topological polar surface area (TPSA) is 83.1 Å². The van der Waals surface area contributed by atoms with E-state index < -0.39 is 18.2 Å². The number of esters is 2. The molecule has 0 saturated carbocycles. The van der Waals surface area contributed by atoms with E-state index >= 15 is 0 Å². The van der Waals surface area contributed by atoms with E-state index in [0.29, 0.717) is 26.2 Å². The SMILES string of the molecule is CCOC(CC(c1ccc(C(=O)OC)c(C(=O)OC)c1)C(C)NCc1ccc2ccccc2c1)OCC. The quantitative estimate of drug-likeness (QED) is 0.243. The van der Waals surface area contributed by atoms with Crippen LogP contribution in [0.15, 0.2) is 60.7 Å². The Labute approximate surface area is 219 Å². The highest BCUT2D eigenvalue weighted by Crippen LogP contribution is 2.30. The van der Waals surface area contributed by atoms with Gasteiger partial charge in [-0.05, 0) is 60.9 Å². The number of ether oxygens (including phenoxy) is 4. The Morgan fingerprint density at radius 2 is 1.46 bits per heavy atom. The summed E-state index contributed by atoms with van der Waals surface area (Å²) < 4.78 is 21.5. The predicted molar refractivity (Wildman–Crippen MR) is 144 cm³/mol. The van der Waals surface area contributed by atoms with E-state index in [-0.39, 0.29) is 23.1 Å². The first-order chi connectivity index (χ1) is 17.9. The number of fused-ring (bicyclic) bond motifs is 1. The Morgan fingerprint density at radius 3 is 2.11 bits per heavy atom. The fraction of sp³-hybridized carbons (Fsp3) is 0.400. The first-order valence-corrected chi connectivity index (χ1v) is 12.7. The van der Waals surface area contributed by atoms with Gasteiger partial charge in [0.05, 0.1) is 25.3 Å². The van der Waals surface area contributed by atoms with Crippen LogP contribution in [-0.4, -0.2) is 51.7 Å². The first-order valence-electron chi connectivity index (χ1n) is 12.7. The van der Waals surface area contributed by atoms with Gasteiger partial charge in [0, 0.05) is 38.1 Å². The van der Waals surface area contributed by atoms with Crippen LogP contribution in [0, 0.1) is 0 Å². The summed E-state index contributed by atoms with van der Waals surface area (Å²) in [5.74, 6) is -1.27. The van der Waals surface area contributed by atoms with Gasteiger partial charge in [-0.3, -0.25) is 0 Å². The van der Waals surface area contributed by atoms with Crippen molar-refractivity contribution in [2.45, 2.75) is 52.0 Å². The van der Waals surface area contributed by atoms with Crippen molar-refractivity contribution in [1.82, 2.24) is 5.32 Å². The minimum absolute atomic E-state index is 0.00986. The Bertz CT molecular complexity index is 1190. The van der Waals surface area contributed by atoms with Gasteiger partial charge < -0.3 is 24.3 Å². The molecule has 198 valence electrons. The molecule has 3 aromatic rings. The largest absolute Gasteiger partial charge is 0.465 e. The molecule has 7 heteroatoms. The number of methoxy groups -OCH3 is 2. The Kier molecular flexibility index (Phi) is 10.6. The molecule has 0 aromatic heterocycles. The highest BCUT2D eigenvalue weighted by molar-refractivity contribution is 6.03. The summed E-state index contributed by atoms with van der Waals surface area (Å²) in [5, 5.41) is 6.04. The van der Waals surface area contributed by atoms with E-state index in [0.717, 1.165) is 5.56 Å². The summed E-state index contributed by atoms with van der Waals surface area (Å²) >= 11 is 0. The second-order valence-corrected chi connectivity index (χ2v) is 8.82. The Morgan fingerprint density at radius 1 is 0.811 bits per heavy atom. The fourth-order valence-electron chi connectivity index (χ4n) is 4.52. The molecule has 2 atom stereocenters. The highest BCUT2D eigenvalue weighted by atomic mass is 16.7. The van der Waals surface area contributed by atoms with Crippen molar-refractivity contribution in [2.75, 3.05) is 27.4 Å². The van der Waals surface area contributed by atoms with Crippen molar-refractivity contribution in [3.8, 4) is 0 Å². The molecule has 0 radical (unpaired) electrons. The summed E-state index contributed by atoms with van der Waals surface area (Å²) in [6.07, 6.45) is 0.151. The molecule has 1 N–H and O–H groups in total. The lowest BCUT2D eigenvalue weighted by molar-refractivity contribution is -0.143. The summed E-state index contributed by atoms with van der Waals surface area (Å²) in [7, 11) is 2.58. The van der Waals surface area contributed by atoms with Crippen LogP contribution in [0.5, 0.6) is 0 Å². The van der Waals surface area contributed by atoms with Gasteiger partial charge in [0.25, 0.3) is 0 Å². The minimum Gasteiger partial charge on any atom is -0.465 e. The Balaban J connectivity index is 1.91. The molecule has 2 unspecified atom stereocenters. The van der Waals surface area contributed by atoms with Crippen molar-refractivity contribution < 1.29 is 28.5 Å². The third kappa shape index (κ3) is 7.38. The average molecular weight is 508 g/mol. The van der Waals surface area contributed by atoms with Gasteiger partial charge in [-0.2, -0.15) is 0 Å². The zero-order chi connectivity index (χ0) is 26.8. The summed E-state index contributed by atoms with van der Waals surface area (Å²) in [5.41, 5.74) is 2.38. The van der Waals surface area contributed by atoms with Crippen molar-refractivity contribution in [3.63, 3.8) is 0 Å². The number of rotatable bonds is 13. The number of carbonyl (C=O) groups is 2. The molecule has 0 spiro atoms. The predicted octanol–water partition coefficient (Wildman–Crippen LogP) is 5.46. The molecule has 3 aromatic carbocycles. The normalized spacial score (nSPS) is 12.9. The smallest absolute Gasteiger partial charge is 0.338 e. The summed E-state index contributed by atoms with van der Waals surface area (Å²) in [6, 6.07) is 19.9. The maximum atomic E-state index is 12.5. The molecule has 0 aliphatic rings. The third-order valence-corrected chi connectivity index (χ3v) is 6.48. The van der Waals surface area contributed by atoms with Crippen LogP contribution in [0.2, 0.25) is 0 Å². The van der Waals surface area contributed by atoms with Gasteiger partial charge in [0.15, 0.2) is 6.29 Å². The van der Waals surface area contributed by atoms with Crippen molar-refractivity contribution in [2.24, 2.45) is 0 Å². The van der Waals surface area contributed by atoms with Gasteiger partial charge in [0.2, 0.25) is 0 Å². The van der Waals surface area contributed by atoms with Gasteiger partial charge in [-0.15, -0.1) is 0 Å². The van der Waals surface area contributed by atoms with Crippen LogP contribution in [0.1, 0.15) is 65.0 Å². The zero-order valence-electron chi connectivity index (χ0n) is 22.3. The highest BCUT2D eigenvalue weighted by Gasteiger charge is 2.27. The third-order valence-electron chi connectivity index (χ3n) is 6.48. The van der Waals surface area contributed by atoms with Gasteiger partial charge >= 0.3 is 11.9 Å². The van der Waals surface area contributed by atoms with Crippen LogP contribution in [-0.2, 0) is 25.5 Å². The number of hydrogen-bond acceptors (Lipinski definition) is 7. The number of carbonyl (C=O) groups excluding carboxylic acids is 2. The molecule has 0 fully saturated rings. The number of nitrogens with one attached hydrogen (secondary N) is 1. The molecule has 0 aliphatic carbocycles. The number of benzene rings is 3. The maximum absolute atomic E-state index is 12.5. The van der Waals surface area contributed by atoms with Crippen LogP contribution in [0.4, 0.5) is 0 Å². The molecule has 0 amide bonds. The van der Waals surface area contributed by atoms with Gasteiger partial charge in [-0.1, -0.05) is 42.5 Å². The van der Waals surface area contributed by atoms with E-state index in [4.69, 9.17) is 18.9 Å². The molecule has 7 nitrogen and oxygen atoms in total. The van der Waals surface area contributed by atoms with Gasteiger partial charge in [-0.25, -0.2) is 9.59 Å². The summed E-state index contributed by atoms with van der Waals surface area (Å²) in [6.45, 7) is 7.68. The summed E-state index contributed by atoms with van der Waals surface area (Å²) in [4.78, 5) is 24.8. The van der Waals surface area contributed by atoms with E-state index in [1.165, 1.54) is 30.6 Å². The molecular formula is C30H37NO6. The van der Waals surface area contributed by atoms with Crippen LogP contribution < -0.4 is 5.32 Å². The molecule has 0 saturated heterocycles. The lowest BCUT2D eigenvalue weighted by Gasteiger charge is -2.30. The van der Waals surface area contributed by atoms with E-state index in [1.54, 1.807) is 12.1 Å². The Hall–Kier alpha value is -3.26.